The molecule has 0 spiro atoms. The number of carbonyl (C=O) groups excluding carboxylic acids is 1. The molecule has 1 aromatic carbocycles. The molecule has 3 heterocycles. The fraction of sp³-hybridized carbons (Fsp3) is 0.316. The molecule has 0 aliphatic carbocycles. The predicted molar refractivity (Wildman–Crippen MR) is 92.9 cm³/mol. The molecule has 124 valence electrons. The lowest BCUT2D eigenvalue weighted by atomic mass is 10.2. The van der Waals surface area contributed by atoms with Gasteiger partial charge in [-0.2, -0.15) is 0 Å². The van der Waals surface area contributed by atoms with Crippen LogP contribution >= 0.6 is 0 Å². The van der Waals surface area contributed by atoms with E-state index in [0.29, 0.717) is 25.4 Å². The van der Waals surface area contributed by atoms with Crippen molar-refractivity contribution < 1.29 is 9.53 Å². The largest absolute Gasteiger partial charge is 0.375 e. The topological polar surface area (TPSA) is 50.3 Å². The zero-order valence-electron chi connectivity index (χ0n) is 13.7. The second-order valence-corrected chi connectivity index (χ2v) is 6.19. The van der Waals surface area contributed by atoms with Gasteiger partial charge in [0.15, 0.2) is 0 Å². The van der Waals surface area contributed by atoms with Crippen molar-refractivity contribution in [1.29, 1.82) is 0 Å². The summed E-state index contributed by atoms with van der Waals surface area (Å²) in [6.07, 6.45) is 2.06. The Balaban J connectivity index is 1.64. The maximum Gasteiger partial charge on any atom is 0.270 e. The number of fused-ring (bicyclic) bond motifs is 2. The van der Waals surface area contributed by atoms with E-state index >= 15 is 0 Å². The summed E-state index contributed by atoms with van der Waals surface area (Å²) >= 11 is 0. The quantitative estimate of drug-likeness (QED) is 0.805. The molecule has 3 aromatic rings. The molecule has 0 saturated carbocycles. The predicted octanol–water partition coefficient (Wildman–Crippen LogP) is 3.03. The van der Waals surface area contributed by atoms with Gasteiger partial charge in [-0.3, -0.25) is 4.79 Å². The first-order valence-corrected chi connectivity index (χ1v) is 8.37. The maximum atomic E-state index is 13.0. The van der Waals surface area contributed by atoms with Gasteiger partial charge in [-0.15, -0.1) is 0 Å². The standard InChI is InChI=1S/C19H21N3O2/c1-2-24-16-12-21-9-5-7-15(21)11-22(13-16)19(23)18-10-14-6-3-4-8-17(14)20-18/h3-10,16,20H,2,11-13H2,1H3/t16-/m0/s1. The highest BCUT2D eigenvalue weighted by atomic mass is 16.5. The molecule has 2 aromatic heterocycles. The number of rotatable bonds is 3. The number of benzene rings is 1. The average Bonchev–Trinajstić information content (AvgIpc) is 3.17. The third-order valence-electron chi connectivity index (χ3n) is 4.55. The SMILES string of the molecule is CCO[C@@H]1CN(C(=O)c2cc3ccccc3[nH]2)Cc2cccn2C1. The van der Waals surface area contributed by atoms with Crippen molar-refractivity contribution in [2.45, 2.75) is 26.1 Å². The van der Waals surface area contributed by atoms with Crippen LogP contribution in [0.2, 0.25) is 0 Å². The van der Waals surface area contributed by atoms with Crippen LogP contribution in [0, 0.1) is 0 Å². The number of H-pyrrole nitrogens is 1. The van der Waals surface area contributed by atoms with E-state index in [9.17, 15) is 4.79 Å². The highest BCUT2D eigenvalue weighted by Gasteiger charge is 2.26. The molecular weight excluding hydrogens is 302 g/mol. The lowest BCUT2D eigenvalue weighted by Gasteiger charge is -2.23. The van der Waals surface area contributed by atoms with Gasteiger partial charge in [0.05, 0.1) is 19.2 Å². The first-order valence-electron chi connectivity index (χ1n) is 8.37. The Morgan fingerprint density at radius 1 is 1.25 bits per heavy atom. The van der Waals surface area contributed by atoms with Crippen LogP contribution in [0.5, 0.6) is 0 Å². The molecule has 0 unspecified atom stereocenters. The minimum Gasteiger partial charge on any atom is -0.375 e. The fourth-order valence-corrected chi connectivity index (χ4v) is 3.41. The van der Waals surface area contributed by atoms with Crippen LogP contribution in [-0.4, -0.2) is 39.6 Å². The second-order valence-electron chi connectivity index (χ2n) is 6.19. The molecule has 5 nitrogen and oxygen atoms in total. The molecule has 1 atom stereocenters. The van der Waals surface area contributed by atoms with E-state index in [-0.39, 0.29) is 12.0 Å². The Hall–Kier alpha value is -2.53. The van der Waals surface area contributed by atoms with Crippen LogP contribution in [0.25, 0.3) is 10.9 Å². The summed E-state index contributed by atoms with van der Waals surface area (Å²) < 4.78 is 8.02. The highest BCUT2D eigenvalue weighted by Crippen LogP contribution is 2.20. The third-order valence-corrected chi connectivity index (χ3v) is 4.55. The van der Waals surface area contributed by atoms with Gasteiger partial charge in [0.2, 0.25) is 0 Å². The van der Waals surface area contributed by atoms with Crippen LogP contribution in [-0.2, 0) is 17.8 Å². The Morgan fingerprint density at radius 3 is 2.96 bits per heavy atom. The fourth-order valence-electron chi connectivity index (χ4n) is 3.41. The number of para-hydroxylation sites is 1. The van der Waals surface area contributed by atoms with E-state index in [1.807, 2.05) is 48.2 Å². The van der Waals surface area contributed by atoms with E-state index < -0.39 is 0 Å². The molecule has 0 saturated heterocycles. The number of nitrogens with zero attached hydrogens (tertiary/aromatic N) is 2. The summed E-state index contributed by atoms with van der Waals surface area (Å²) in [7, 11) is 0. The van der Waals surface area contributed by atoms with Gasteiger partial charge < -0.3 is 19.2 Å². The van der Waals surface area contributed by atoms with E-state index in [4.69, 9.17) is 4.74 Å². The molecule has 1 N–H and O–H groups in total. The van der Waals surface area contributed by atoms with Gasteiger partial charge in [0.25, 0.3) is 5.91 Å². The molecule has 1 aliphatic heterocycles. The van der Waals surface area contributed by atoms with Crippen molar-refractivity contribution in [2.75, 3.05) is 13.2 Å². The molecule has 0 fully saturated rings. The van der Waals surface area contributed by atoms with Gasteiger partial charge in [-0.1, -0.05) is 18.2 Å². The zero-order valence-corrected chi connectivity index (χ0v) is 13.7. The molecule has 0 radical (unpaired) electrons. The van der Waals surface area contributed by atoms with E-state index in [2.05, 4.69) is 21.8 Å². The van der Waals surface area contributed by atoms with Crippen molar-refractivity contribution in [2.24, 2.45) is 0 Å². The number of nitrogens with one attached hydrogen (secondary N) is 1. The van der Waals surface area contributed by atoms with Crippen LogP contribution in [0.4, 0.5) is 0 Å². The van der Waals surface area contributed by atoms with Crippen molar-refractivity contribution in [3.05, 3.63) is 60.0 Å². The number of hydrogen-bond acceptors (Lipinski definition) is 2. The van der Waals surface area contributed by atoms with Gasteiger partial charge in [-0.25, -0.2) is 0 Å². The second kappa shape index (κ2) is 6.17. The molecule has 4 rings (SSSR count). The maximum absolute atomic E-state index is 13.0. The number of amides is 1. The first-order chi connectivity index (χ1) is 11.7. The third kappa shape index (κ3) is 2.71. The Morgan fingerprint density at radius 2 is 2.12 bits per heavy atom. The van der Waals surface area contributed by atoms with Gasteiger partial charge in [0.1, 0.15) is 5.69 Å². The first kappa shape index (κ1) is 15.0. The normalized spacial score (nSPS) is 17.7. The molecule has 24 heavy (non-hydrogen) atoms. The molecule has 1 aliphatic rings. The van der Waals surface area contributed by atoms with Crippen LogP contribution < -0.4 is 0 Å². The Kier molecular flexibility index (Phi) is 3.86. The Bertz CT molecular complexity index is 831. The summed E-state index contributed by atoms with van der Waals surface area (Å²) in [5.74, 6) is 0.0190. The summed E-state index contributed by atoms with van der Waals surface area (Å²) in [5.41, 5.74) is 2.76. The number of aromatic amines is 1. The monoisotopic (exact) mass is 323 g/mol. The van der Waals surface area contributed by atoms with E-state index in [1.54, 1.807) is 0 Å². The summed E-state index contributed by atoms with van der Waals surface area (Å²) in [6, 6.07) is 14.0. The minimum atomic E-state index is 0.0111. The summed E-state index contributed by atoms with van der Waals surface area (Å²) in [6.45, 7) is 4.63. The number of ether oxygens (including phenoxy) is 1. The van der Waals surface area contributed by atoms with E-state index in [0.717, 1.165) is 23.1 Å². The van der Waals surface area contributed by atoms with Gasteiger partial charge >= 0.3 is 0 Å². The average molecular weight is 323 g/mol. The number of aromatic nitrogens is 2. The molecule has 5 heteroatoms. The van der Waals surface area contributed by atoms with Gasteiger partial charge in [-0.05, 0) is 31.2 Å². The van der Waals surface area contributed by atoms with Crippen LogP contribution in [0.1, 0.15) is 23.1 Å². The van der Waals surface area contributed by atoms with Crippen LogP contribution in [0.15, 0.2) is 48.7 Å². The number of hydrogen-bond donors (Lipinski definition) is 1. The number of carbonyl (C=O) groups is 1. The van der Waals surface area contributed by atoms with Crippen molar-refractivity contribution in [3.8, 4) is 0 Å². The molecular formula is C19H21N3O2. The lowest BCUT2D eigenvalue weighted by Crippen LogP contribution is -2.37. The van der Waals surface area contributed by atoms with Crippen molar-refractivity contribution in [1.82, 2.24) is 14.5 Å². The highest BCUT2D eigenvalue weighted by molar-refractivity contribution is 5.98. The van der Waals surface area contributed by atoms with E-state index in [1.165, 1.54) is 0 Å². The molecule has 0 bridgehead atoms. The van der Waals surface area contributed by atoms with Gasteiger partial charge in [0, 0.05) is 35.9 Å². The molecule has 1 amide bonds. The minimum absolute atomic E-state index is 0.0111. The van der Waals surface area contributed by atoms with Crippen molar-refractivity contribution >= 4 is 16.8 Å². The smallest absolute Gasteiger partial charge is 0.270 e. The zero-order chi connectivity index (χ0) is 16.5. The van der Waals surface area contributed by atoms with Crippen molar-refractivity contribution in [3.63, 3.8) is 0 Å². The summed E-state index contributed by atoms with van der Waals surface area (Å²) in [5, 5.41) is 1.06. The summed E-state index contributed by atoms with van der Waals surface area (Å²) in [4.78, 5) is 18.2. The van der Waals surface area contributed by atoms with Crippen LogP contribution in [0.3, 0.4) is 0 Å². The Labute approximate surface area is 140 Å². The lowest BCUT2D eigenvalue weighted by molar-refractivity contribution is 0.0257.